The molecule has 1 aliphatic rings. The van der Waals surface area contributed by atoms with Gasteiger partial charge >= 0.3 is 0 Å². The number of fused-ring (bicyclic) bond motifs is 1. The number of carbonyl (C=O) groups is 2. The second kappa shape index (κ2) is 7.66. The minimum Gasteiger partial charge on any atom is -0.347 e. The molecule has 1 saturated carbocycles. The van der Waals surface area contributed by atoms with Crippen LogP contribution >= 0.6 is 0 Å². The van der Waals surface area contributed by atoms with Crippen molar-refractivity contribution in [1.82, 2.24) is 20.3 Å². The Balaban J connectivity index is 1.36. The molecule has 0 unspecified atom stereocenters. The maximum absolute atomic E-state index is 12.8. The second-order valence-electron chi connectivity index (χ2n) is 7.82. The lowest BCUT2D eigenvalue weighted by molar-refractivity contribution is -0.126. The first kappa shape index (κ1) is 19.1. The van der Waals surface area contributed by atoms with Crippen LogP contribution in [0, 0.1) is 12.8 Å². The number of benzene rings is 1. The Kier molecular flexibility index (Phi) is 5.05. The Bertz CT molecular complexity index is 1010. The van der Waals surface area contributed by atoms with Gasteiger partial charge in [0.1, 0.15) is 5.82 Å². The van der Waals surface area contributed by atoms with Crippen molar-refractivity contribution in [2.75, 3.05) is 11.4 Å². The van der Waals surface area contributed by atoms with E-state index in [1.165, 1.54) is 0 Å². The van der Waals surface area contributed by atoms with E-state index in [-0.39, 0.29) is 36.2 Å². The molecule has 2 aromatic heterocycles. The smallest absolute Gasteiger partial charge is 0.246 e. The van der Waals surface area contributed by atoms with Gasteiger partial charge in [0.15, 0.2) is 0 Å². The van der Waals surface area contributed by atoms with Gasteiger partial charge in [-0.1, -0.05) is 12.1 Å². The molecule has 7 heteroatoms. The molecule has 1 fully saturated rings. The van der Waals surface area contributed by atoms with Gasteiger partial charge in [-0.05, 0) is 51.5 Å². The third-order valence-corrected chi connectivity index (χ3v) is 5.26. The van der Waals surface area contributed by atoms with Gasteiger partial charge in [-0.3, -0.25) is 14.6 Å². The number of aromatic amines is 1. The highest BCUT2D eigenvalue weighted by molar-refractivity contribution is 5.97. The van der Waals surface area contributed by atoms with E-state index in [0.29, 0.717) is 0 Å². The van der Waals surface area contributed by atoms with Gasteiger partial charge in [0.2, 0.25) is 11.8 Å². The lowest BCUT2D eigenvalue weighted by Gasteiger charge is -2.26. The third-order valence-electron chi connectivity index (χ3n) is 5.26. The van der Waals surface area contributed by atoms with Gasteiger partial charge < -0.3 is 15.2 Å². The van der Waals surface area contributed by atoms with E-state index in [1.54, 1.807) is 11.1 Å². The van der Waals surface area contributed by atoms with Crippen LogP contribution in [0.4, 0.5) is 5.69 Å². The molecule has 0 aliphatic heterocycles. The average Bonchev–Trinajstić information content (AvgIpc) is 3.39. The highest BCUT2D eigenvalue weighted by Gasteiger charge is 2.46. The van der Waals surface area contributed by atoms with Crippen LogP contribution in [-0.4, -0.2) is 39.4 Å². The molecular formula is C22H25N5O2. The number of carbonyl (C=O) groups excluding carboxylic acids is 2. The van der Waals surface area contributed by atoms with Crippen molar-refractivity contribution in [3.8, 4) is 0 Å². The van der Waals surface area contributed by atoms with Crippen molar-refractivity contribution in [3.63, 3.8) is 0 Å². The number of imidazole rings is 1. The van der Waals surface area contributed by atoms with Crippen molar-refractivity contribution in [1.29, 1.82) is 0 Å². The summed E-state index contributed by atoms with van der Waals surface area (Å²) in [6.07, 6.45) is 2.43. The second-order valence-corrected chi connectivity index (χ2v) is 7.82. The number of aromatic nitrogens is 3. The normalized spacial score (nSPS) is 18.1. The number of hydrogen-bond donors (Lipinski definition) is 2. The van der Waals surface area contributed by atoms with E-state index in [9.17, 15) is 9.59 Å². The van der Waals surface area contributed by atoms with E-state index >= 15 is 0 Å². The Labute approximate surface area is 169 Å². The summed E-state index contributed by atoms with van der Waals surface area (Å²) in [4.78, 5) is 39.1. The van der Waals surface area contributed by atoms with Gasteiger partial charge in [-0.25, -0.2) is 4.98 Å². The van der Waals surface area contributed by atoms with Crippen LogP contribution in [0.3, 0.4) is 0 Å². The summed E-state index contributed by atoms with van der Waals surface area (Å²) in [6.45, 7) is 5.75. The Morgan fingerprint density at radius 3 is 2.72 bits per heavy atom. The number of pyridine rings is 1. The number of rotatable bonds is 6. The number of H-pyrrole nitrogens is 1. The minimum atomic E-state index is -0.153. The number of hydrogen-bond acceptors (Lipinski definition) is 4. The van der Waals surface area contributed by atoms with Crippen molar-refractivity contribution < 1.29 is 9.59 Å². The molecule has 2 amide bonds. The molecule has 150 valence electrons. The number of nitrogens with zero attached hydrogens (tertiary/aromatic N) is 3. The van der Waals surface area contributed by atoms with Crippen molar-refractivity contribution in [2.45, 2.75) is 39.2 Å². The zero-order valence-electron chi connectivity index (χ0n) is 16.8. The predicted molar refractivity (Wildman–Crippen MR) is 112 cm³/mol. The van der Waals surface area contributed by atoms with Crippen LogP contribution in [0.25, 0.3) is 11.0 Å². The highest BCUT2D eigenvalue weighted by atomic mass is 16.2. The number of amides is 2. The SMILES string of the molecule is Cc1ccc(N(C(=O)CNC(=O)[C@H]2C[C@@H]2c2nc3ccccc3[nH]2)C(C)C)cn1. The van der Waals surface area contributed by atoms with Crippen LogP contribution in [0.2, 0.25) is 0 Å². The molecule has 0 radical (unpaired) electrons. The van der Waals surface area contributed by atoms with E-state index in [2.05, 4.69) is 20.3 Å². The van der Waals surface area contributed by atoms with E-state index in [0.717, 1.165) is 34.7 Å². The maximum atomic E-state index is 12.8. The summed E-state index contributed by atoms with van der Waals surface area (Å²) in [5, 5.41) is 2.80. The molecule has 0 saturated heterocycles. The number of nitrogens with one attached hydrogen (secondary N) is 2. The molecule has 1 aliphatic carbocycles. The molecule has 1 aromatic carbocycles. The molecule has 2 atom stereocenters. The quantitative estimate of drug-likeness (QED) is 0.676. The number of para-hydroxylation sites is 2. The first-order valence-electron chi connectivity index (χ1n) is 9.91. The van der Waals surface area contributed by atoms with E-state index in [4.69, 9.17) is 0 Å². The first-order chi connectivity index (χ1) is 13.9. The van der Waals surface area contributed by atoms with Crippen molar-refractivity contribution in [2.24, 2.45) is 5.92 Å². The third kappa shape index (κ3) is 3.99. The van der Waals surface area contributed by atoms with Crippen LogP contribution in [0.5, 0.6) is 0 Å². The van der Waals surface area contributed by atoms with Crippen molar-refractivity contribution >= 4 is 28.5 Å². The van der Waals surface area contributed by atoms with Crippen LogP contribution in [0.1, 0.15) is 37.7 Å². The minimum absolute atomic E-state index is 0.0335. The average molecular weight is 391 g/mol. The molecule has 2 N–H and O–H groups in total. The van der Waals surface area contributed by atoms with Gasteiger partial charge in [0, 0.05) is 23.6 Å². The summed E-state index contributed by atoms with van der Waals surface area (Å²) in [7, 11) is 0. The summed E-state index contributed by atoms with van der Waals surface area (Å²) in [6, 6.07) is 11.5. The summed E-state index contributed by atoms with van der Waals surface area (Å²) in [5.74, 6) is 0.526. The van der Waals surface area contributed by atoms with Crippen molar-refractivity contribution in [3.05, 3.63) is 54.1 Å². The van der Waals surface area contributed by atoms with Gasteiger partial charge in [0.25, 0.3) is 0 Å². The lowest BCUT2D eigenvalue weighted by Crippen LogP contribution is -2.44. The Morgan fingerprint density at radius 2 is 2.03 bits per heavy atom. The first-order valence-corrected chi connectivity index (χ1v) is 9.91. The molecule has 4 rings (SSSR count). The summed E-state index contributed by atoms with van der Waals surface area (Å²) in [5.41, 5.74) is 3.51. The molecule has 7 nitrogen and oxygen atoms in total. The fraction of sp³-hybridized carbons (Fsp3) is 0.364. The summed E-state index contributed by atoms with van der Waals surface area (Å²) >= 11 is 0. The number of aryl methyl sites for hydroxylation is 1. The van der Waals surface area contributed by atoms with Crippen LogP contribution in [-0.2, 0) is 9.59 Å². The topological polar surface area (TPSA) is 91.0 Å². The standard InChI is InChI=1S/C22H25N5O2/c1-13(2)27(15-9-8-14(3)23-11-15)20(28)12-24-22(29)17-10-16(17)21-25-18-6-4-5-7-19(18)26-21/h4-9,11,13,16-17H,10,12H2,1-3H3,(H,24,29)(H,25,26)/t16-,17-/m0/s1. The zero-order valence-corrected chi connectivity index (χ0v) is 16.8. The monoisotopic (exact) mass is 391 g/mol. The molecule has 29 heavy (non-hydrogen) atoms. The maximum Gasteiger partial charge on any atom is 0.246 e. The Hall–Kier alpha value is -3.22. The van der Waals surface area contributed by atoms with Gasteiger partial charge in [-0.15, -0.1) is 0 Å². The van der Waals surface area contributed by atoms with Gasteiger partial charge in [-0.2, -0.15) is 0 Å². The lowest BCUT2D eigenvalue weighted by atomic mass is 10.2. The molecule has 0 spiro atoms. The zero-order chi connectivity index (χ0) is 20.5. The largest absolute Gasteiger partial charge is 0.347 e. The fourth-order valence-corrected chi connectivity index (χ4v) is 3.65. The van der Waals surface area contributed by atoms with Crippen LogP contribution in [0.15, 0.2) is 42.6 Å². The molecular weight excluding hydrogens is 366 g/mol. The highest BCUT2D eigenvalue weighted by Crippen LogP contribution is 2.46. The molecule has 3 aromatic rings. The Morgan fingerprint density at radius 1 is 1.24 bits per heavy atom. The van der Waals surface area contributed by atoms with E-state index < -0.39 is 0 Å². The van der Waals surface area contributed by atoms with E-state index in [1.807, 2.05) is 57.2 Å². The molecule has 2 heterocycles. The predicted octanol–water partition coefficient (Wildman–Crippen LogP) is 2.93. The fourth-order valence-electron chi connectivity index (χ4n) is 3.65. The summed E-state index contributed by atoms with van der Waals surface area (Å²) < 4.78 is 0. The van der Waals surface area contributed by atoms with Gasteiger partial charge in [0.05, 0.1) is 29.5 Å². The van der Waals surface area contributed by atoms with Crippen LogP contribution < -0.4 is 10.2 Å². The number of anilines is 1. The molecule has 0 bridgehead atoms.